The van der Waals surface area contributed by atoms with E-state index in [0.29, 0.717) is 23.8 Å². The summed E-state index contributed by atoms with van der Waals surface area (Å²) < 4.78 is 4.50. The van der Waals surface area contributed by atoms with E-state index in [2.05, 4.69) is 9.27 Å². The molecule has 1 aromatic rings. The van der Waals surface area contributed by atoms with E-state index in [4.69, 9.17) is 4.98 Å². The Morgan fingerprint density at radius 2 is 2.10 bits per heavy atom. The molecule has 114 valence electrons. The van der Waals surface area contributed by atoms with Crippen LogP contribution in [0.25, 0.3) is 0 Å². The van der Waals surface area contributed by atoms with Gasteiger partial charge >= 0.3 is 0 Å². The zero-order chi connectivity index (χ0) is 14.4. The lowest BCUT2D eigenvalue weighted by Crippen LogP contribution is -2.49. The quantitative estimate of drug-likeness (QED) is 0.856. The molecule has 0 aromatic carbocycles. The Kier molecular flexibility index (Phi) is 3.36. The molecule has 1 saturated heterocycles. The third-order valence-corrected chi connectivity index (χ3v) is 5.65. The molecule has 4 rings (SSSR count). The van der Waals surface area contributed by atoms with Gasteiger partial charge in [-0.05, 0) is 38.5 Å². The molecule has 0 N–H and O–H groups in total. The highest BCUT2D eigenvalue weighted by molar-refractivity contribution is 7.09. The fourth-order valence-corrected chi connectivity index (χ4v) is 3.89. The number of aromatic nitrogens is 2. The smallest absolute Gasteiger partial charge is 0.225 e. The Morgan fingerprint density at radius 3 is 2.81 bits per heavy atom. The maximum atomic E-state index is 12.2. The minimum atomic E-state index is 0.313. The minimum absolute atomic E-state index is 0.313. The first-order valence-electron chi connectivity index (χ1n) is 8.07. The van der Waals surface area contributed by atoms with Gasteiger partial charge in [-0.25, -0.2) is 4.98 Å². The third kappa shape index (κ3) is 2.78. The van der Waals surface area contributed by atoms with Gasteiger partial charge in [0.1, 0.15) is 5.82 Å². The van der Waals surface area contributed by atoms with Crippen LogP contribution in [0.3, 0.4) is 0 Å². The summed E-state index contributed by atoms with van der Waals surface area (Å²) in [4.78, 5) is 21.3. The number of anilines is 1. The molecule has 5 nitrogen and oxygen atoms in total. The van der Waals surface area contributed by atoms with Gasteiger partial charge in [0, 0.05) is 49.5 Å². The molecule has 6 heteroatoms. The topological polar surface area (TPSA) is 49.3 Å². The highest BCUT2D eigenvalue weighted by atomic mass is 32.1. The van der Waals surface area contributed by atoms with Crippen molar-refractivity contribution in [3.8, 4) is 0 Å². The Balaban J connectivity index is 1.42. The van der Waals surface area contributed by atoms with Crippen LogP contribution in [0.4, 0.5) is 5.13 Å². The summed E-state index contributed by atoms with van der Waals surface area (Å²) in [6.45, 7) is 1.95. The summed E-state index contributed by atoms with van der Waals surface area (Å²) >= 11 is 1.53. The zero-order valence-corrected chi connectivity index (χ0v) is 13.3. The first kappa shape index (κ1) is 13.5. The van der Waals surface area contributed by atoms with E-state index in [1.807, 2.05) is 11.9 Å². The van der Waals surface area contributed by atoms with Crippen molar-refractivity contribution < 1.29 is 4.79 Å². The molecule has 1 aromatic heterocycles. The van der Waals surface area contributed by atoms with Crippen LogP contribution in [0, 0.1) is 5.92 Å². The summed E-state index contributed by atoms with van der Waals surface area (Å²) in [5.41, 5.74) is 0. The number of amides is 1. The molecule has 0 bridgehead atoms. The maximum absolute atomic E-state index is 12.2. The maximum Gasteiger partial charge on any atom is 0.225 e. The molecule has 3 aliphatic rings. The van der Waals surface area contributed by atoms with E-state index in [9.17, 15) is 4.79 Å². The normalized spacial score (nSPS) is 26.0. The Morgan fingerprint density at radius 1 is 1.29 bits per heavy atom. The number of hydrogen-bond donors (Lipinski definition) is 0. The van der Waals surface area contributed by atoms with E-state index in [1.165, 1.54) is 24.4 Å². The first-order chi connectivity index (χ1) is 10.2. The SMILES string of the molecule is CN(C(=O)C1CC1)C1CCCN(c2nc(C3CC3)ns2)C1. The van der Waals surface area contributed by atoms with Crippen LogP contribution in [-0.4, -0.2) is 46.3 Å². The van der Waals surface area contributed by atoms with Crippen molar-refractivity contribution in [3.05, 3.63) is 5.82 Å². The lowest BCUT2D eigenvalue weighted by Gasteiger charge is -2.37. The average Bonchev–Trinajstić information content (AvgIpc) is 3.44. The fraction of sp³-hybridized carbons (Fsp3) is 0.800. The number of piperidine rings is 1. The van der Waals surface area contributed by atoms with Gasteiger partial charge in [-0.2, -0.15) is 4.37 Å². The van der Waals surface area contributed by atoms with E-state index in [1.54, 1.807) is 0 Å². The summed E-state index contributed by atoms with van der Waals surface area (Å²) in [7, 11) is 1.98. The van der Waals surface area contributed by atoms with E-state index in [0.717, 1.165) is 49.7 Å². The monoisotopic (exact) mass is 306 g/mol. The van der Waals surface area contributed by atoms with Gasteiger partial charge < -0.3 is 9.80 Å². The predicted octanol–water partition coefficient (Wildman–Crippen LogP) is 2.25. The van der Waals surface area contributed by atoms with Crippen molar-refractivity contribution in [2.45, 2.75) is 50.5 Å². The average molecular weight is 306 g/mol. The van der Waals surface area contributed by atoms with Crippen LogP contribution in [0.1, 0.15) is 50.3 Å². The van der Waals surface area contributed by atoms with E-state index in [-0.39, 0.29) is 0 Å². The van der Waals surface area contributed by atoms with Crippen LogP contribution < -0.4 is 4.90 Å². The van der Waals surface area contributed by atoms with Gasteiger partial charge in [0.2, 0.25) is 11.0 Å². The zero-order valence-electron chi connectivity index (χ0n) is 12.5. The molecule has 0 radical (unpaired) electrons. The van der Waals surface area contributed by atoms with Crippen LogP contribution in [0.2, 0.25) is 0 Å². The molecule has 1 amide bonds. The molecular weight excluding hydrogens is 284 g/mol. The van der Waals surface area contributed by atoms with Gasteiger partial charge in [0.15, 0.2) is 0 Å². The third-order valence-electron chi connectivity index (χ3n) is 4.86. The number of carbonyl (C=O) groups is 1. The summed E-state index contributed by atoms with van der Waals surface area (Å²) in [5.74, 6) is 2.32. The van der Waals surface area contributed by atoms with E-state index < -0.39 is 0 Å². The van der Waals surface area contributed by atoms with Gasteiger partial charge in [-0.1, -0.05) is 0 Å². The minimum Gasteiger partial charge on any atom is -0.345 e. The Bertz CT molecular complexity index is 538. The second kappa shape index (κ2) is 5.23. The van der Waals surface area contributed by atoms with Gasteiger partial charge in [-0.3, -0.25) is 4.79 Å². The number of carbonyl (C=O) groups excluding carboxylic acids is 1. The van der Waals surface area contributed by atoms with Crippen LogP contribution in [0.5, 0.6) is 0 Å². The molecule has 3 fully saturated rings. The van der Waals surface area contributed by atoms with Crippen molar-refractivity contribution in [1.29, 1.82) is 0 Å². The lowest BCUT2D eigenvalue weighted by atomic mass is 10.0. The standard InChI is InChI=1S/C15H22N4OS/c1-18(14(20)11-6-7-11)12-3-2-8-19(9-12)15-16-13(17-21-15)10-4-5-10/h10-12H,2-9H2,1H3. The molecular formula is C15H22N4OS. The summed E-state index contributed by atoms with van der Waals surface area (Å²) in [6.07, 6.45) is 6.90. The van der Waals surface area contributed by atoms with Crippen molar-refractivity contribution in [1.82, 2.24) is 14.3 Å². The first-order valence-corrected chi connectivity index (χ1v) is 8.85. The number of hydrogen-bond acceptors (Lipinski definition) is 5. The van der Waals surface area contributed by atoms with E-state index >= 15 is 0 Å². The second-order valence-corrected chi connectivity index (χ2v) is 7.41. The highest BCUT2D eigenvalue weighted by Crippen LogP contribution is 2.40. The lowest BCUT2D eigenvalue weighted by molar-refractivity contribution is -0.133. The van der Waals surface area contributed by atoms with Gasteiger partial charge in [0.25, 0.3) is 0 Å². The summed E-state index contributed by atoms with van der Waals surface area (Å²) in [6, 6.07) is 0.333. The molecule has 2 saturated carbocycles. The predicted molar refractivity (Wildman–Crippen MR) is 82.6 cm³/mol. The molecule has 2 heterocycles. The largest absolute Gasteiger partial charge is 0.345 e. The molecule has 21 heavy (non-hydrogen) atoms. The van der Waals surface area contributed by atoms with Crippen molar-refractivity contribution in [2.75, 3.05) is 25.0 Å². The van der Waals surface area contributed by atoms with Gasteiger partial charge in [-0.15, -0.1) is 0 Å². The van der Waals surface area contributed by atoms with Crippen molar-refractivity contribution >= 4 is 22.6 Å². The van der Waals surface area contributed by atoms with Crippen molar-refractivity contribution in [3.63, 3.8) is 0 Å². The molecule has 0 spiro atoms. The van der Waals surface area contributed by atoms with Crippen LogP contribution in [-0.2, 0) is 4.79 Å². The molecule has 2 aliphatic carbocycles. The Labute approximate surface area is 129 Å². The number of nitrogens with zero attached hydrogens (tertiary/aromatic N) is 4. The van der Waals surface area contributed by atoms with Crippen LogP contribution in [0.15, 0.2) is 0 Å². The molecule has 1 aliphatic heterocycles. The fourth-order valence-electron chi connectivity index (χ4n) is 3.11. The highest BCUT2D eigenvalue weighted by Gasteiger charge is 2.36. The second-order valence-electron chi connectivity index (χ2n) is 6.67. The van der Waals surface area contributed by atoms with Crippen LogP contribution >= 0.6 is 11.5 Å². The number of rotatable bonds is 4. The Hall–Kier alpha value is -1.17. The molecule has 1 unspecified atom stereocenters. The molecule has 1 atom stereocenters. The number of likely N-dealkylation sites (N-methyl/N-ethyl adjacent to an activating group) is 1. The van der Waals surface area contributed by atoms with Gasteiger partial charge in [0.05, 0.1) is 0 Å². The van der Waals surface area contributed by atoms with Crippen molar-refractivity contribution in [2.24, 2.45) is 5.92 Å². The summed E-state index contributed by atoms with van der Waals surface area (Å²) in [5, 5.41) is 1.05.